The van der Waals surface area contributed by atoms with Crippen molar-refractivity contribution < 1.29 is 18.0 Å². The molecule has 0 saturated heterocycles. The minimum Gasteiger partial charge on any atom is -0.312 e. The van der Waals surface area contributed by atoms with Gasteiger partial charge in [-0.25, -0.2) is 4.79 Å². The Hall–Kier alpha value is -2.49. The van der Waals surface area contributed by atoms with E-state index in [-0.39, 0.29) is 12.2 Å². The number of benzene rings is 1. The molecule has 0 fully saturated rings. The van der Waals surface area contributed by atoms with Gasteiger partial charge in [0.05, 0.1) is 11.6 Å². The molecule has 0 aliphatic heterocycles. The highest BCUT2D eigenvalue weighted by Gasteiger charge is 2.32. The molecule has 0 saturated carbocycles. The van der Waals surface area contributed by atoms with Gasteiger partial charge in [0.25, 0.3) is 0 Å². The molecule has 20 heavy (non-hydrogen) atoms. The predicted octanol–water partition coefficient (Wildman–Crippen LogP) is 3.14. The molecule has 1 aromatic carbocycles. The van der Waals surface area contributed by atoms with Crippen LogP contribution in [-0.2, 0) is 0 Å². The average molecular weight is 283 g/mol. The maximum atomic E-state index is 12.3. The first-order chi connectivity index (χ1) is 9.35. The van der Waals surface area contributed by atoms with E-state index >= 15 is 0 Å². The van der Waals surface area contributed by atoms with Gasteiger partial charge in [0.15, 0.2) is 0 Å². The van der Waals surface area contributed by atoms with E-state index in [2.05, 4.69) is 11.9 Å². The van der Waals surface area contributed by atoms with E-state index in [4.69, 9.17) is 5.26 Å². The molecule has 0 aliphatic carbocycles. The SMILES string of the molecule is C=CCN(CC(F)(F)F)C(=O)Nc1cccc(C#N)c1. The molecule has 0 aromatic heterocycles. The van der Waals surface area contributed by atoms with E-state index in [1.54, 1.807) is 0 Å². The molecule has 1 aromatic rings. The van der Waals surface area contributed by atoms with Gasteiger partial charge in [0.1, 0.15) is 6.54 Å². The minimum atomic E-state index is -4.49. The maximum Gasteiger partial charge on any atom is 0.406 e. The van der Waals surface area contributed by atoms with E-state index in [0.29, 0.717) is 10.5 Å². The summed E-state index contributed by atoms with van der Waals surface area (Å²) in [5, 5.41) is 11.0. The monoisotopic (exact) mass is 283 g/mol. The maximum absolute atomic E-state index is 12.3. The highest BCUT2D eigenvalue weighted by molar-refractivity contribution is 5.89. The number of hydrogen-bond donors (Lipinski definition) is 1. The van der Waals surface area contributed by atoms with Crippen molar-refractivity contribution >= 4 is 11.7 Å². The molecule has 0 atom stereocenters. The Morgan fingerprint density at radius 1 is 1.50 bits per heavy atom. The van der Waals surface area contributed by atoms with Crippen molar-refractivity contribution in [1.29, 1.82) is 5.26 Å². The second-order valence-corrected chi connectivity index (χ2v) is 3.91. The van der Waals surface area contributed by atoms with Crippen LogP contribution in [0, 0.1) is 11.3 Å². The first kappa shape index (κ1) is 15.6. The van der Waals surface area contributed by atoms with Crippen LogP contribution in [-0.4, -0.2) is 30.2 Å². The number of carbonyl (C=O) groups is 1. The first-order valence-corrected chi connectivity index (χ1v) is 5.59. The molecule has 1 N–H and O–H groups in total. The molecular formula is C13H12F3N3O. The van der Waals surface area contributed by atoms with Crippen molar-refractivity contribution in [2.75, 3.05) is 18.4 Å². The Morgan fingerprint density at radius 3 is 2.75 bits per heavy atom. The quantitative estimate of drug-likeness (QED) is 0.863. The van der Waals surface area contributed by atoms with Gasteiger partial charge in [-0.15, -0.1) is 6.58 Å². The molecule has 0 bridgehead atoms. The number of rotatable bonds is 4. The first-order valence-electron chi connectivity index (χ1n) is 5.59. The van der Waals surface area contributed by atoms with E-state index in [1.807, 2.05) is 6.07 Å². The topological polar surface area (TPSA) is 56.1 Å². The van der Waals surface area contributed by atoms with Crippen molar-refractivity contribution in [2.45, 2.75) is 6.18 Å². The number of carbonyl (C=O) groups excluding carboxylic acids is 1. The van der Waals surface area contributed by atoms with Gasteiger partial charge in [-0.2, -0.15) is 18.4 Å². The van der Waals surface area contributed by atoms with Crippen LogP contribution >= 0.6 is 0 Å². The third-order valence-corrected chi connectivity index (χ3v) is 2.25. The summed E-state index contributed by atoms with van der Waals surface area (Å²) in [4.78, 5) is 12.3. The van der Waals surface area contributed by atoms with Crippen LogP contribution in [0.15, 0.2) is 36.9 Å². The lowest BCUT2D eigenvalue weighted by Gasteiger charge is -2.22. The molecule has 0 radical (unpaired) electrons. The average Bonchev–Trinajstić information content (AvgIpc) is 2.37. The van der Waals surface area contributed by atoms with E-state index in [0.717, 1.165) is 0 Å². The number of halogens is 3. The number of nitrogens with zero attached hydrogens (tertiary/aromatic N) is 2. The minimum absolute atomic E-state index is 0.233. The van der Waals surface area contributed by atoms with E-state index < -0.39 is 18.8 Å². The van der Waals surface area contributed by atoms with Crippen LogP contribution in [0.3, 0.4) is 0 Å². The number of anilines is 1. The fraction of sp³-hybridized carbons (Fsp3) is 0.231. The van der Waals surface area contributed by atoms with Crippen LogP contribution in [0.1, 0.15) is 5.56 Å². The summed E-state index contributed by atoms with van der Waals surface area (Å²) < 4.78 is 37.0. The van der Waals surface area contributed by atoms with Crippen LogP contribution < -0.4 is 5.32 Å². The normalized spacial score (nSPS) is 10.5. The summed E-state index contributed by atoms with van der Waals surface area (Å²) in [6.45, 7) is 1.71. The Morgan fingerprint density at radius 2 is 2.20 bits per heavy atom. The number of urea groups is 1. The third kappa shape index (κ3) is 5.02. The molecule has 0 unspecified atom stereocenters. The fourth-order valence-corrected chi connectivity index (χ4v) is 1.46. The zero-order valence-corrected chi connectivity index (χ0v) is 10.4. The largest absolute Gasteiger partial charge is 0.406 e. The number of nitriles is 1. The number of amides is 2. The van der Waals surface area contributed by atoms with Crippen LogP contribution in [0.4, 0.5) is 23.7 Å². The number of alkyl halides is 3. The van der Waals surface area contributed by atoms with Gasteiger partial charge in [0, 0.05) is 12.2 Å². The van der Waals surface area contributed by atoms with Crippen LogP contribution in [0.25, 0.3) is 0 Å². The Kier molecular flexibility index (Phi) is 5.15. The van der Waals surface area contributed by atoms with E-state index in [1.165, 1.54) is 30.3 Å². The number of hydrogen-bond acceptors (Lipinski definition) is 2. The Labute approximate surface area is 114 Å². The summed E-state index contributed by atoms with van der Waals surface area (Å²) in [5.41, 5.74) is 0.555. The fourth-order valence-electron chi connectivity index (χ4n) is 1.46. The Bertz CT molecular complexity index is 534. The summed E-state index contributed by atoms with van der Waals surface area (Å²) in [6.07, 6.45) is -3.29. The highest BCUT2D eigenvalue weighted by Crippen LogP contribution is 2.17. The van der Waals surface area contributed by atoms with Crippen molar-refractivity contribution in [3.8, 4) is 6.07 Å². The summed E-state index contributed by atoms with van der Waals surface area (Å²) in [6, 6.07) is 6.87. The predicted molar refractivity (Wildman–Crippen MR) is 68.0 cm³/mol. The van der Waals surface area contributed by atoms with Crippen molar-refractivity contribution in [1.82, 2.24) is 4.90 Å². The van der Waals surface area contributed by atoms with Gasteiger partial charge in [-0.1, -0.05) is 12.1 Å². The lowest BCUT2D eigenvalue weighted by Crippen LogP contribution is -2.41. The van der Waals surface area contributed by atoms with Gasteiger partial charge in [-0.05, 0) is 18.2 Å². The molecule has 4 nitrogen and oxygen atoms in total. The van der Waals surface area contributed by atoms with Gasteiger partial charge in [-0.3, -0.25) is 0 Å². The molecule has 0 aliphatic rings. The molecule has 0 heterocycles. The smallest absolute Gasteiger partial charge is 0.312 e. The van der Waals surface area contributed by atoms with Crippen molar-refractivity contribution in [3.63, 3.8) is 0 Å². The summed E-state index contributed by atoms with van der Waals surface area (Å²) in [7, 11) is 0. The zero-order valence-electron chi connectivity index (χ0n) is 10.4. The van der Waals surface area contributed by atoms with Crippen molar-refractivity contribution in [2.24, 2.45) is 0 Å². The second kappa shape index (κ2) is 6.61. The van der Waals surface area contributed by atoms with Crippen LogP contribution in [0.5, 0.6) is 0 Å². The van der Waals surface area contributed by atoms with Gasteiger partial charge in [0.2, 0.25) is 0 Å². The van der Waals surface area contributed by atoms with Crippen LogP contribution in [0.2, 0.25) is 0 Å². The third-order valence-electron chi connectivity index (χ3n) is 2.25. The molecule has 0 spiro atoms. The highest BCUT2D eigenvalue weighted by atomic mass is 19.4. The summed E-state index contributed by atoms with van der Waals surface area (Å²) in [5.74, 6) is 0. The van der Waals surface area contributed by atoms with E-state index in [9.17, 15) is 18.0 Å². The van der Waals surface area contributed by atoms with Crippen molar-refractivity contribution in [3.05, 3.63) is 42.5 Å². The molecule has 2 amide bonds. The lowest BCUT2D eigenvalue weighted by molar-refractivity contribution is -0.138. The summed E-state index contributed by atoms with van der Waals surface area (Å²) >= 11 is 0. The molecule has 1 rings (SSSR count). The molecule has 7 heteroatoms. The number of nitrogens with one attached hydrogen (secondary N) is 1. The standard InChI is InChI=1S/C13H12F3N3O/c1-2-6-19(9-13(14,15)16)12(20)18-11-5-3-4-10(7-11)8-17/h2-5,7H,1,6,9H2,(H,18,20). The zero-order chi connectivity index (χ0) is 15.2. The van der Waals surface area contributed by atoms with Gasteiger partial charge < -0.3 is 10.2 Å². The lowest BCUT2D eigenvalue weighted by atomic mass is 10.2. The Balaban J connectivity index is 2.80. The second-order valence-electron chi connectivity index (χ2n) is 3.91. The van der Waals surface area contributed by atoms with Gasteiger partial charge >= 0.3 is 12.2 Å². The molecule has 106 valence electrons. The molecular weight excluding hydrogens is 271 g/mol.